The van der Waals surface area contributed by atoms with Gasteiger partial charge in [0, 0.05) is 7.05 Å². The smallest absolute Gasteiger partial charge is 0.264 e. The Morgan fingerprint density at radius 3 is 2.42 bits per heavy atom. The highest BCUT2D eigenvalue weighted by atomic mass is 32.2. The minimum atomic E-state index is -3.92. The lowest BCUT2D eigenvalue weighted by atomic mass is 9.81. The minimum Gasteiger partial charge on any atom is -0.481 e. The minimum absolute atomic E-state index is 0.0598. The standard InChI is InChI=1S/C18H24N2O5S/c1-3-4-14-25-15-8-10-16(11-9-15)26(23,24)20(2)18(17(21)19-22)12-6-5-7-13-18/h8-11,22H,5-7,12-14H2,1-2H3,(H,19,21). The molecule has 0 spiro atoms. The molecule has 142 valence electrons. The fraction of sp³-hybridized carbons (Fsp3) is 0.500. The van der Waals surface area contributed by atoms with E-state index in [9.17, 15) is 13.2 Å². The number of ether oxygens (including phenoxy) is 1. The third kappa shape index (κ3) is 4.01. The fourth-order valence-corrected chi connectivity index (χ4v) is 4.74. The molecule has 1 fully saturated rings. The molecule has 1 aromatic carbocycles. The number of hydrogen-bond donors (Lipinski definition) is 2. The zero-order valence-electron chi connectivity index (χ0n) is 15.0. The predicted octanol–water partition coefficient (Wildman–Crippen LogP) is 1.92. The van der Waals surface area contributed by atoms with Crippen molar-refractivity contribution in [2.45, 2.75) is 49.5 Å². The Morgan fingerprint density at radius 2 is 1.88 bits per heavy atom. The molecule has 0 saturated heterocycles. The lowest BCUT2D eigenvalue weighted by molar-refractivity contribution is -0.140. The van der Waals surface area contributed by atoms with Crippen LogP contribution in [0.15, 0.2) is 29.2 Å². The van der Waals surface area contributed by atoms with E-state index in [0.29, 0.717) is 18.6 Å². The molecule has 0 aliphatic heterocycles. The van der Waals surface area contributed by atoms with Gasteiger partial charge in [0.1, 0.15) is 17.9 Å². The Bertz CT molecular complexity index is 787. The molecule has 0 radical (unpaired) electrons. The highest BCUT2D eigenvalue weighted by molar-refractivity contribution is 7.89. The SMILES string of the molecule is CC#CCOc1ccc(S(=O)(=O)N(C)C2(C(=O)NO)CCCCC2)cc1. The topological polar surface area (TPSA) is 95.9 Å². The molecule has 1 aromatic rings. The van der Waals surface area contributed by atoms with E-state index in [2.05, 4.69) is 11.8 Å². The molecular formula is C18H24N2O5S. The van der Waals surface area contributed by atoms with Gasteiger partial charge in [-0.2, -0.15) is 4.31 Å². The fourth-order valence-electron chi connectivity index (χ4n) is 3.21. The molecule has 26 heavy (non-hydrogen) atoms. The molecule has 0 bridgehead atoms. The van der Waals surface area contributed by atoms with Crippen molar-refractivity contribution < 1.29 is 23.2 Å². The molecule has 0 atom stereocenters. The average molecular weight is 380 g/mol. The van der Waals surface area contributed by atoms with E-state index in [-0.39, 0.29) is 11.5 Å². The summed E-state index contributed by atoms with van der Waals surface area (Å²) in [5.41, 5.74) is 0.360. The quantitative estimate of drug-likeness (QED) is 0.447. The van der Waals surface area contributed by atoms with Crippen LogP contribution in [0, 0.1) is 11.8 Å². The normalized spacial score (nSPS) is 16.5. The monoisotopic (exact) mass is 380 g/mol. The van der Waals surface area contributed by atoms with Crippen LogP contribution in [0.5, 0.6) is 5.75 Å². The largest absolute Gasteiger partial charge is 0.481 e. The van der Waals surface area contributed by atoms with Gasteiger partial charge >= 0.3 is 0 Å². The van der Waals surface area contributed by atoms with Crippen LogP contribution in [0.2, 0.25) is 0 Å². The first-order chi connectivity index (χ1) is 12.4. The van der Waals surface area contributed by atoms with Crippen LogP contribution in [0.4, 0.5) is 0 Å². The molecule has 2 rings (SSSR count). The summed E-state index contributed by atoms with van der Waals surface area (Å²) in [5.74, 6) is 5.29. The Kier molecular flexibility index (Phi) is 6.64. The highest BCUT2D eigenvalue weighted by Crippen LogP contribution is 2.36. The summed E-state index contributed by atoms with van der Waals surface area (Å²) >= 11 is 0. The number of amides is 1. The van der Waals surface area contributed by atoms with Gasteiger partial charge in [0.15, 0.2) is 0 Å². The van der Waals surface area contributed by atoms with E-state index >= 15 is 0 Å². The Labute approximate surface area is 154 Å². The lowest BCUT2D eigenvalue weighted by Crippen LogP contribution is -2.59. The number of hydroxylamine groups is 1. The Balaban J connectivity index is 2.29. The number of carbonyl (C=O) groups is 1. The van der Waals surface area contributed by atoms with E-state index in [1.165, 1.54) is 19.2 Å². The summed E-state index contributed by atoms with van der Waals surface area (Å²) in [5, 5.41) is 9.13. The first kappa shape index (κ1) is 20.2. The zero-order chi connectivity index (χ0) is 19.2. The van der Waals surface area contributed by atoms with E-state index in [4.69, 9.17) is 9.94 Å². The van der Waals surface area contributed by atoms with Crippen LogP contribution in [-0.2, 0) is 14.8 Å². The Hall–Kier alpha value is -2.08. The number of nitrogens with zero attached hydrogens (tertiary/aromatic N) is 1. The van der Waals surface area contributed by atoms with Crippen molar-refractivity contribution in [3.05, 3.63) is 24.3 Å². The molecule has 2 N–H and O–H groups in total. The van der Waals surface area contributed by atoms with Crippen molar-refractivity contribution in [2.75, 3.05) is 13.7 Å². The summed E-state index contributed by atoms with van der Waals surface area (Å²) in [6.07, 6.45) is 3.11. The maximum atomic E-state index is 13.0. The van der Waals surface area contributed by atoms with Gasteiger partial charge in [-0.25, -0.2) is 13.9 Å². The van der Waals surface area contributed by atoms with Crippen molar-refractivity contribution in [1.82, 2.24) is 9.79 Å². The summed E-state index contributed by atoms with van der Waals surface area (Å²) in [4.78, 5) is 12.4. The summed E-state index contributed by atoms with van der Waals surface area (Å²) < 4.78 is 32.5. The van der Waals surface area contributed by atoms with Crippen LogP contribution in [0.25, 0.3) is 0 Å². The third-order valence-corrected chi connectivity index (χ3v) is 6.72. The van der Waals surface area contributed by atoms with Crippen LogP contribution in [0.3, 0.4) is 0 Å². The van der Waals surface area contributed by atoms with Gasteiger partial charge in [-0.3, -0.25) is 10.0 Å². The molecule has 0 heterocycles. The summed E-state index contributed by atoms with van der Waals surface area (Å²) in [6, 6.07) is 5.98. The van der Waals surface area contributed by atoms with Crippen LogP contribution < -0.4 is 10.2 Å². The summed E-state index contributed by atoms with van der Waals surface area (Å²) in [7, 11) is -2.53. The second-order valence-corrected chi connectivity index (χ2v) is 8.16. The van der Waals surface area contributed by atoms with Crippen molar-refractivity contribution in [3.8, 4) is 17.6 Å². The van der Waals surface area contributed by atoms with Crippen molar-refractivity contribution in [1.29, 1.82) is 0 Å². The van der Waals surface area contributed by atoms with Crippen molar-refractivity contribution in [3.63, 3.8) is 0 Å². The number of rotatable bonds is 6. The number of nitrogens with one attached hydrogen (secondary N) is 1. The highest BCUT2D eigenvalue weighted by Gasteiger charge is 2.48. The molecule has 8 heteroatoms. The van der Waals surface area contributed by atoms with Gasteiger partial charge < -0.3 is 4.74 Å². The molecule has 1 amide bonds. The molecule has 1 saturated carbocycles. The maximum Gasteiger partial charge on any atom is 0.264 e. The predicted molar refractivity (Wildman–Crippen MR) is 96.1 cm³/mol. The first-order valence-corrected chi connectivity index (χ1v) is 9.88. The molecule has 1 aliphatic rings. The summed E-state index contributed by atoms with van der Waals surface area (Å²) in [6.45, 7) is 1.93. The van der Waals surface area contributed by atoms with Crippen LogP contribution >= 0.6 is 0 Å². The van der Waals surface area contributed by atoms with E-state index in [0.717, 1.165) is 23.6 Å². The second kappa shape index (κ2) is 8.54. The van der Waals surface area contributed by atoms with Crippen molar-refractivity contribution in [2.24, 2.45) is 0 Å². The maximum absolute atomic E-state index is 13.0. The van der Waals surface area contributed by atoms with Crippen LogP contribution in [-0.4, -0.2) is 43.0 Å². The van der Waals surface area contributed by atoms with Gasteiger partial charge in [0.25, 0.3) is 5.91 Å². The molecule has 0 unspecified atom stereocenters. The molecule has 7 nitrogen and oxygen atoms in total. The number of carbonyl (C=O) groups excluding carboxylic acids is 1. The second-order valence-electron chi connectivity index (χ2n) is 6.19. The number of hydrogen-bond acceptors (Lipinski definition) is 5. The number of sulfonamides is 1. The number of benzene rings is 1. The average Bonchev–Trinajstić information content (AvgIpc) is 2.67. The molecule has 1 aliphatic carbocycles. The molecule has 0 aromatic heterocycles. The van der Waals surface area contributed by atoms with E-state index < -0.39 is 21.5 Å². The number of likely N-dealkylation sites (N-methyl/N-ethyl adjacent to an activating group) is 1. The van der Waals surface area contributed by atoms with E-state index in [1.807, 2.05) is 0 Å². The van der Waals surface area contributed by atoms with Gasteiger partial charge in [0.2, 0.25) is 10.0 Å². The third-order valence-electron chi connectivity index (χ3n) is 4.78. The zero-order valence-corrected chi connectivity index (χ0v) is 15.8. The molecular weight excluding hydrogens is 356 g/mol. The van der Waals surface area contributed by atoms with Gasteiger partial charge in [0.05, 0.1) is 4.90 Å². The van der Waals surface area contributed by atoms with Gasteiger partial charge in [-0.15, -0.1) is 5.92 Å². The van der Waals surface area contributed by atoms with E-state index in [1.54, 1.807) is 24.5 Å². The van der Waals surface area contributed by atoms with Gasteiger partial charge in [-0.1, -0.05) is 25.2 Å². The first-order valence-electron chi connectivity index (χ1n) is 8.44. The van der Waals surface area contributed by atoms with Crippen molar-refractivity contribution >= 4 is 15.9 Å². The van der Waals surface area contributed by atoms with Gasteiger partial charge in [-0.05, 0) is 44.0 Å². The van der Waals surface area contributed by atoms with Crippen LogP contribution in [0.1, 0.15) is 39.0 Å². The lowest BCUT2D eigenvalue weighted by Gasteiger charge is -2.41. The Morgan fingerprint density at radius 1 is 1.27 bits per heavy atom.